The summed E-state index contributed by atoms with van der Waals surface area (Å²) in [6.45, 7) is 3.06. The molecule has 1 N–H and O–H groups in total. The smallest absolute Gasteiger partial charge is 0.126 e. The summed E-state index contributed by atoms with van der Waals surface area (Å²) < 4.78 is 33.1. The van der Waals surface area contributed by atoms with Crippen molar-refractivity contribution in [2.24, 2.45) is 0 Å². The third-order valence-corrected chi connectivity index (χ3v) is 2.93. The summed E-state index contributed by atoms with van der Waals surface area (Å²) in [6, 6.07) is 3.27. The predicted octanol–water partition coefficient (Wildman–Crippen LogP) is 2.98. The van der Waals surface area contributed by atoms with E-state index >= 15 is 0 Å². The molecule has 2 rings (SSSR count). The lowest BCUT2D eigenvalue weighted by Gasteiger charge is -2.14. The van der Waals surface area contributed by atoms with Crippen molar-refractivity contribution in [1.29, 1.82) is 0 Å². The van der Waals surface area contributed by atoms with Gasteiger partial charge in [0.15, 0.2) is 0 Å². The van der Waals surface area contributed by atoms with Gasteiger partial charge in [-0.25, -0.2) is 8.78 Å². The molecule has 20 heavy (non-hydrogen) atoms. The molecular formula is C14H17F2N3O. The van der Waals surface area contributed by atoms with Crippen LogP contribution in [0.4, 0.5) is 14.5 Å². The third kappa shape index (κ3) is 3.77. The highest BCUT2D eigenvalue weighted by Crippen LogP contribution is 2.20. The van der Waals surface area contributed by atoms with E-state index in [-0.39, 0.29) is 6.04 Å². The molecule has 1 aromatic heterocycles. The average molecular weight is 281 g/mol. The van der Waals surface area contributed by atoms with Crippen LogP contribution >= 0.6 is 0 Å². The Morgan fingerprint density at radius 2 is 2.00 bits per heavy atom. The fraction of sp³-hybridized carbons (Fsp3) is 0.357. The van der Waals surface area contributed by atoms with Crippen LogP contribution in [-0.2, 0) is 11.3 Å². The Balaban J connectivity index is 2.03. The highest BCUT2D eigenvalue weighted by atomic mass is 19.1. The Morgan fingerprint density at radius 1 is 1.30 bits per heavy atom. The molecule has 0 aliphatic rings. The van der Waals surface area contributed by atoms with Crippen molar-refractivity contribution in [2.45, 2.75) is 19.5 Å². The Kier molecular flexibility index (Phi) is 4.68. The molecule has 0 amide bonds. The van der Waals surface area contributed by atoms with Crippen LogP contribution in [0.3, 0.4) is 0 Å². The van der Waals surface area contributed by atoms with Crippen molar-refractivity contribution in [3.63, 3.8) is 0 Å². The van der Waals surface area contributed by atoms with Crippen molar-refractivity contribution in [2.75, 3.05) is 19.0 Å². The molecule has 0 radical (unpaired) electrons. The number of nitrogens with zero attached hydrogens (tertiary/aromatic N) is 2. The van der Waals surface area contributed by atoms with Crippen molar-refractivity contribution in [3.8, 4) is 0 Å². The maximum absolute atomic E-state index is 13.2. The van der Waals surface area contributed by atoms with E-state index in [1.54, 1.807) is 18.0 Å². The van der Waals surface area contributed by atoms with Crippen molar-refractivity contribution < 1.29 is 13.5 Å². The molecule has 0 aliphatic carbocycles. The second-order valence-electron chi connectivity index (χ2n) is 4.55. The number of hydrogen-bond donors (Lipinski definition) is 1. The summed E-state index contributed by atoms with van der Waals surface area (Å²) in [5.74, 6) is -1.16. The van der Waals surface area contributed by atoms with Gasteiger partial charge in [0.25, 0.3) is 0 Å². The minimum absolute atomic E-state index is 0.222. The van der Waals surface area contributed by atoms with Gasteiger partial charge in [-0.05, 0) is 24.6 Å². The number of ether oxygens (including phenoxy) is 1. The van der Waals surface area contributed by atoms with Gasteiger partial charge < -0.3 is 10.1 Å². The molecule has 1 unspecified atom stereocenters. The molecule has 1 heterocycles. The number of benzene rings is 1. The number of halogens is 2. The van der Waals surface area contributed by atoms with Crippen LogP contribution in [0.25, 0.3) is 0 Å². The van der Waals surface area contributed by atoms with Gasteiger partial charge in [-0.15, -0.1) is 0 Å². The van der Waals surface area contributed by atoms with Gasteiger partial charge in [0.1, 0.15) is 11.6 Å². The quantitative estimate of drug-likeness (QED) is 0.884. The van der Waals surface area contributed by atoms with Crippen molar-refractivity contribution in [3.05, 3.63) is 47.8 Å². The van der Waals surface area contributed by atoms with E-state index in [1.165, 1.54) is 12.1 Å². The summed E-state index contributed by atoms with van der Waals surface area (Å²) in [5.41, 5.74) is 1.34. The summed E-state index contributed by atoms with van der Waals surface area (Å²) in [6.07, 6.45) is 3.49. The van der Waals surface area contributed by atoms with Crippen LogP contribution < -0.4 is 5.32 Å². The summed E-state index contributed by atoms with van der Waals surface area (Å²) in [7, 11) is 1.63. The van der Waals surface area contributed by atoms with Gasteiger partial charge in [0.2, 0.25) is 0 Å². The van der Waals surface area contributed by atoms with Crippen LogP contribution in [0, 0.1) is 11.6 Å². The maximum atomic E-state index is 13.2. The number of rotatable bonds is 6. The molecule has 4 nitrogen and oxygen atoms in total. The Labute approximate surface area is 116 Å². The van der Waals surface area contributed by atoms with E-state index in [0.717, 1.165) is 11.8 Å². The van der Waals surface area contributed by atoms with E-state index in [4.69, 9.17) is 4.74 Å². The molecule has 108 valence electrons. The minimum atomic E-state index is -0.579. The molecule has 6 heteroatoms. The predicted molar refractivity (Wildman–Crippen MR) is 72.5 cm³/mol. The fourth-order valence-corrected chi connectivity index (χ4v) is 1.90. The first-order valence-corrected chi connectivity index (χ1v) is 6.32. The lowest BCUT2D eigenvalue weighted by atomic mass is 10.1. The first kappa shape index (κ1) is 14.5. The zero-order valence-corrected chi connectivity index (χ0v) is 11.4. The SMILES string of the molecule is COCCn1cc(NC(C)c2cc(F)cc(F)c2)cn1. The third-order valence-electron chi connectivity index (χ3n) is 2.93. The molecule has 1 aromatic carbocycles. The number of anilines is 1. The molecule has 0 spiro atoms. The standard InChI is InChI=1S/C14H17F2N3O/c1-10(11-5-12(15)7-13(16)6-11)18-14-8-17-19(9-14)3-4-20-2/h5-10,18H,3-4H2,1-2H3. The van der Waals surface area contributed by atoms with Gasteiger partial charge in [-0.1, -0.05) is 0 Å². The molecule has 0 aliphatic heterocycles. The zero-order chi connectivity index (χ0) is 14.5. The fourth-order valence-electron chi connectivity index (χ4n) is 1.90. The normalized spacial score (nSPS) is 12.4. The molecule has 0 fully saturated rings. The van der Waals surface area contributed by atoms with Gasteiger partial charge in [0, 0.05) is 25.4 Å². The van der Waals surface area contributed by atoms with Crippen molar-refractivity contribution in [1.82, 2.24) is 9.78 Å². The first-order chi connectivity index (χ1) is 9.58. The van der Waals surface area contributed by atoms with E-state index in [1.807, 2.05) is 13.1 Å². The topological polar surface area (TPSA) is 39.1 Å². The Bertz CT molecular complexity index is 551. The highest BCUT2D eigenvalue weighted by Gasteiger charge is 2.09. The summed E-state index contributed by atoms with van der Waals surface area (Å²) in [4.78, 5) is 0. The molecule has 0 saturated carbocycles. The molecular weight excluding hydrogens is 264 g/mol. The van der Waals surface area contributed by atoms with Crippen molar-refractivity contribution >= 4 is 5.69 Å². The van der Waals surface area contributed by atoms with Gasteiger partial charge in [0.05, 0.1) is 25.0 Å². The Hall–Kier alpha value is -1.95. The van der Waals surface area contributed by atoms with E-state index < -0.39 is 11.6 Å². The monoisotopic (exact) mass is 281 g/mol. The van der Waals surface area contributed by atoms with Gasteiger partial charge >= 0.3 is 0 Å². The second kappa shape index (κ2) is 6.47. The number of hydrogen-bond acceptors (Lipinski definition) is 3. The lowest BCUT2D eigenvalue weighted by Crippen LogP contribution is -2.07. The van der Waals surface area contributed by atoms with Crippen LogP contribution in [0.5, 0.6) is 0 Å². The van der Waals surface area contributed by atoms with E-state index in [9.17, 15) is 8.78 Å². The number of methoxy groups -OCH3 is 1. The second-order valence-corrected chi connectivity index (χ2v) is 4.55. The average Bonchev–Trinajstić information content (AvgIpc) is 2.82. The van der Waals surface area contributed by atoms with E-state index in [2.05, 4.69) is 10.4 Å². The van der Waals surface area contributed by atoms with E-state index in [0.29, 0.717) is 18.7 Å². The minimum Gasteiger partial charge on any atom is -0.383 e. The lowest BCUT2D eigenvalue weighted by molar-refractivity contribution is 0.183. The van der Waals surface area contributed by atoms with Gasteiger partial charge in [-0.2, -0.15) is 5.10 Å². The molecule has 0 saturated heterocycles. The summed E-state index contributed by atoms with van der Waals surface area (Å²) in [5, 5.41) is 7.31. The summed E-state index contributed by atoms with van der Waals surface area (Å²) >= 11 is 0. The Morgan fingerprint density at radius 3 is 2.65 bits per heavy atom. The maximum Gasteiger partial charge on any atom is 0.126 e. The van der Waals surface area contributed by atoms with Crippen LogP contribution in [0.15, 0.2) is 30.6 Å². The zero-order valence-electron chi connectivity index (χ0n) is 11.4. The highest BCUT2D eigenvalue weighted by molar-refractivity contribution is 5.41. The molecule has 1 atom stereocenters. The van der Waals surface area contributed by atoms with Gasteiger partial charge in [-0.3, -0.25) is 4.68 Å². The number of nitrogens with one attached hydrogen (secondary N) is 1. The largest absolute Gasteiger partial charge is 0.383 e. The first-order valence-electron chi connectivity index (χ1n) is 6.32. The molecule has 0 bridgehead atoms. The van der Waals surface area contributed by atoms with Crippen LogP contribution in [0.2, 0.25) is 0 Å². The van der Waals surface area contributed by atoms with Crippen LogP contribution in [-0.4, -0.2) is 23.5 Å². The number of aromatic nitrogens is 2. The molecule has 2 aromatic rings. The van der Waals surface area contributed by atoms with Crippen LogP contribution in [0.1, 0.15) is 18.5 Å².